The largest absolute Gasteiger partial charge is 0.396 e. The van der Waals surface area contributed by atoms with Crippen LogP contribution in [0, 0.1) is 0 Å². The van der Waals surface area contributed by atoms with Crippen LogP contribution in [0.4, 0.5) is 0 Å². The average Bonchev–Trinajstić information content (AvgIpc) is 2.42. The molecule has 0 bridgehead atoms. The van der Waals surface area contributed by atoms with E-state index in [1.165, 1.54) is 0 Å². The lowest BCUT2D eigenvalue weighted by molar-refractivity contribution is -0.121. The first-order chi connectivity index (χ1) is 8.67. The van der Waals surface area contributed by atoms with Crippen molar-refractivity contribution >= 4 is 11.8 Å². The maximum Gasteiger partial charge on any atom is 0.251 e. The van der Waals surface area contributed by atoms with Gasteiger partial charge in [-0.15, -0.1) is 0 Å². The van der Waals surface area contributed by atoms with Crippen LogP contribution >= 0.6 is 0 Å². The van der Waals surface area contributed by atoms with Crippen molar-refractivity contribution in [3.63, 3.8) is 0 Å². The number of carbonyl (C=O) groups excluding carboxylic acids is 2. The van der Waals surface area contributed by atoms with Crippen molar-refractivity contribution in [1.29, 1.82) is 0 Å². The molecule has 0 atom stereocenters. The fourth-order valence-corrected chi connectivity index (χ4v) is 1.45. The van der Waals surface area contributed by atoms with Gasteiger partial charge < -0.3 is 15.7 Å². The number of hydrogen-bond donors (Lipinski definition) is 3. The summed E-state index contributed by atoms with van der Waals surface area (Å²) in [6.07, 6.45) is 0.800. The third kappa shape index (κ3) is 4.55. The van der Waals surface area contributed by atoms with Crippen molar-refractivity contribution in [2.24, 2.45) is 0 Å². The molecule has 0 heterocycles. The fourth-order valence-electron chi connectivity index (χ4n) is 1.45. The summed E-state index contributed by atoms with van der Waals surface area (Å²) in [5.74, 6) is -0.215. The minimum atomic E-state index is -0.131. The van der Waals surface area contributed by atoms with Crippen LogP contribution in [0.5, 0.6) is 0 Å². The summed E-state index contributed by atoms with van der Waals surface area (Å²) in [6.45, 7) is 0.451. The predicted octanol–water partition coefficient (Wildman–Crippen LogP) is 0.435. The molecule has 0 saturated heterocycles. The van der Waals surface area contributed by atoms with Crippen LogP contribution in [0.2, 0.25) is 0 Å². The summed E-state index contributed by atoms with van der Waals surface area (Å²) in [5, 5.41) is 13.9. The second-order valence-electron chi connectivity index (χ2n) is 3.88. The number of carbonyl (C=O) groups is 2. The quantitative estimate of drug-likeness (QED) is 0.685. The molecule has 1 rings (SSSR count). The predicted molar refractivity (Wildman–Crippen MR) is 68.0 cm³/mol. The monoisotopic (exact) mass is 250 g/mol. The van der Waals surface area contributed by atoms with Crippen LogP contribution in [0.15, 0.2) is 24.3 Å². The van der Waals surface area contributed by atoms with Crippen molar-refractivity contribution < 1.29 is 14.7 Å². The maximum absolute atomic E-state index is 11.3. The van der Waals surface area contributed by atoms with E-state index in [9.17, 15) is 9.59 Å². The molecule has 0 aliphatic heterocycles. The number of aliphatic hydroxyl groups is 1. The lowest BCUT2D eigenvalue weighted by Gasteiger charge is -2.06. The van der Waals surface area contributed by atoms with Crippen molar-refractivity contribution in [2.45, 2.75) is 19.4 Å². The molecule has 3 N–H and O–H groups in total. The van der Waals surface area contributed by atoms with Gasteiger partial charge in [0.05, 0.1) is 0 Å². The third-order valence-corrected chi connectivity index (χ3v) is 2.49. The Morgan fingerprint density at radius 1 is 1.22 bits per heavy atom. The first-order valence-corrected chi connectivity index (χ1v) is 5.86. The SMILES string of the molecule is CNC(=O)c1ccc(CNC(=O)CCCO)cc1. The van der Waals surface area contributed by atoms with Crippen LogP contribution < -0.4 is 10.6 Å². The van der Waals surface area contributed by atoms with Gasteiger partial charge in [0.25, 0.3) is 5.91 Å². The molecule has 0 aromatic heterocycles. The normalized spacial score (nSPS) is 9.89. The molecule has 1 aromatic rings. The topological polar surface area (TPSA) is 78.4 Å². The number of hydrogen-bond acceptors (Lipinski definition) is 3. The van der Waals surface area contributed by atoms with Gasteiger partial charge in [-0.1, -0.05) is 12.1 Å². The standard InChI is InChI=1S/C13H18N2O3/c1-14-13(18)11-6-4-10(5-7-11)9-15-12(17)3-2-8-16/h4-7,16H,2-3,8-9H2,1H3,(H,14,18)(H,15,17). The van der Waals surface area contributed by atoms with Gasteiger partial charge in [0.1, 0.15) is 0 Å². The lowest BCUT2D eigenvalue weighted by atomic mass is 10.1. The van der Waals surface area contributed by atoms with Gasteiger partial charge >= 0.3 is 0 Å². The lowest BCUT2D eigenvalue weighted by Crippen LogP contribution is -2.22. The Kier molecular flexibility index (Phi) is 5.87. The zero-order chi connectivity index (χ0) is 13.4. The van der Waals surface area contributed by atoms with Gasteiger partial charge in [0, 0.05) is 32.2 Å². The van der Waals surface area contributed by atoms with E-state index in [1.807, 2.05) is 0 Å². The van der Waals surface area contributed by atoms with Crippen LogP contribution in [0.25, 0.3) is 0 Å². The van der Waals surface area contributed by atoms with Gasteiger partial charge in [-0.3, -0.25) is 9.59 Å². The van der Waals surface area contributed by atoms with Crippen molar-refractivity contribution in [3.05, 3.63) is 35.4 Å². The van der Waals surface area contributed by atoms with Crippen molar-refractivity contribution in [1.82, 2.24) is 10.6 Å². The van der Waals surface area contributed by atoms with Gasteiger partial charge in [-0.25, -0.2) is 0 Å². The first-order valence-electron chi connectivity index (χ1n) is 5.86. The number of benzene rings is 1. The second kappa shape index (κ2) is 7.45. The summed E-state index contributed by atoms with van der Waals surface area (Å²) in [6, 6.07) is 7.04. The molecule has 5 heteroatoms. The van der Waals surface area contributed by atoms with Crippen molar-refractivity contribution in [3.8, 4) is 0 Å². The van der Waals surface area contributed by atoms with E-state index in [0.717, 1.165) is 5.56 Å². The average molecular weight is 250 g/mol. The van der Waals surface area contributed by atoms with Gasteiger partial charge in [0.2, 0.25) is 5.91 Å². The second-order valence-corrected chi connectivity index (χ2v) is 3.88. The highest BCUT2D eigenvalue weighted by atomic mass is 16.3. The number of amides is 2. The number of nitrogens with one attached hydrogen (secondary N) is 2. The molecule has 1 aromatic carbocycles. The van der Waals surface area contributed by atoms with Gasteiger partial charge in [-0.2, -0.15) is 0 Å². The van der Waals surface area contributed by atoms with E-state index in [0.29, 0.717) is 24.9 Å². The van der Waals surface area contributed by atoms with Crippen LogP contribution in [0.3, 0.4) is 0 Å². The zero-order valence-corrected chi connectivity index (χ0v) is 10.4. The molecule has 0 spiro atoms. The van der Waals surface area contributed by atoms with E-state index in [1.54, 1.807) is 31.3 Å². The minimum Gasteiger partial charge on any atom is -0.396 e. The van der Waals surface area contributed by atoms with E-state index in [2.05, 4.69) is 10.6 Å². The Morgan fingerprint density at radius 2 is 1.89 bits per heavy atom. The van der Waals surface area contributed by atoms with Gasteiger partial charge in [-0.05, 0) is 24.1 Å². The molecule has 0 fully saturated rings. The summed E-state index contributed by atoms with van der Waals surface area (Å²) in [5.41, 5.74) is 1.52. The number of aliphatic hydroxyl groups excluding tert-OH is 1. The maximum atomic E-state index is 11.3. The van der Waals surface area contributed by atoms with E-state index in [4.69, 9.17) is 5.11 Å². The van der Waals surface area contributed by atoms with E-state index in [-0.39, 0.29) is 18.4 Å². The molecule has 0 unspecified atom stereocenters. The highest BCUT2D eigenvalue weighted by Crippen LogP contribution is 2.04. The molecule has 0 saturated carbocycles. The molecule has 98 valence electrons. The Morgan fingerprint density at radius 3 is 2.44 bits per heavy atom. The molecule has 0 aliphatic rings. The third-order valence-electron chi connectivity index (χ3n) is 2.49. The molecule has 18 heavy (non-hydrogen) atoms. The smallest absolute Gasteiger partial charge is 0.251 e. The van der Waals surface area contributed by atoms with E-state index < -0.39 is 0 Å². The Hall–Kier alpha value is -1.88. The van der Waals surface area contributed by atoms with Crippen LogP contribution in [-0.2, 0) is 11.3 Å². The van der Waals surface area contributed by atoms with Crippen LogP contribution in [-0.4, -0.2) is 30.6 Å². The molecule has 2 amide bonds. The summed E-state index contributed by atoms with van der Waals surface area (Å²) >= 11 is 0. The highest BCUT2D eigenvalue weighted by Gasteiger charge is 2.03. The number of rotatable bonds is 6. The Bertz CT molecular complexity index is 401. The molecular formula is C13H18N2O3. The Balaban J connectivity index is 2.44. The molecule has 5 nitrogen and oxygen atoms in total. The van der Waals surface area contributed by atoms with E-state index >= 15 is 0 Å². The minimum absolute atomic E-state index is 0.0221. The summed E-state index contributed by atoms with van der Waals surface area (Å²) in [7, 11) is 1.58. The van der Waals surface area contributed by atoms with Crippen LogP contribution in [0.1, 0.15) is 28.8 Å². The van der Waals surface area contributed by atoms with Gasteiger partial charge in [0.15, 0.2) is 0 Å². The molecule has 0 radical (unpaired) electrons. The zero-order valence-electron chi connectivity index (χ0n) is 10.4. The Labute approximate surface area is 106 Å². The first kappa shape index (κ1) is 14.2. The van der Waals surface area contributed by atoms with Crippen molar-refractivity contribution in [2.75, 3.05) is 13.7 Å². The summed E-state index contributed by atoms with van der Waals surface area (Å²) in [4.78, 5) is 22.6. The summed E-state index contributed by atoms with van der Waals surface area (Å²) < 4.78 is 0. The molecule has 0 aliphatic carbocycles. The highest BCUT2D eigenvalue weighted by molar-refractivity contribution is 5.93. The fraction of sp³-hybridized carbons (Fsp3) is 0.385. The molecular weight excluding hydrogens is 232 g/mol.